The summed E-state index contributed by atoms with van der Waals surface area (Å²) in [6, 6.07) is 7.61. The monoisotopic (exact) mass is 445 g/mol. The molecule has 31 heavy (non-hydrogen) atoms. The van der Waals surface area contributed by atoms with Gasteiger partial charge in [-0.2, -0.15) is 0 Å². The van der Waals surface area contributed by atoms with Crippen molar-refractivity contribution in [2.45, 2.75) is 57.1 Å². The number of benzene rings is 1. The zero-order valence-corrected chi connectivity index (χ0v) is 19.2. The van der Waals surface area contributed by atoms with E-state index in [2.05, 4.69) is 25.4 Å². The summed E-state index contributed by atoms with van der Waals surface area (Å²) in [7, 11) is 1.64. The predicted octanol–water partition coefficient (Wildman–Crippen LogP) is 4.03. The van der Waals surface area contributed by atoms with E-state index in [1.807, 2.05) is 38.1 Å². The van der Waals surface area contributed by atoms with Gasteiger partial charge in [-0.15, -0.1) is 10.2 Å². The lowest BCUT2D eigenvalue weighted by Gasteiger charge is -2.25. The smallest absolute Gasteiger partial charge is 0.321 e. The van der Waals surface area contributed by atoms with Gasteiger partial charge in [0.2, 0.25) is 5.91 Å². The molecule has 2 N–H and O–H groups in total. The highest BCUT2D eigenvalue weighted by molar-refractivity contribution is 7.99. The summed E-state index contributed by atoms with van der Waals surface area (Å²) in [4.78, 5) is 24.1. The third-order valence-electron chi connectivity index (χ3n) is 5.21. The normalized spacial score (nSPS) is 14.5. The van der Waals surface area contributed by atoms with Crippen molar-refractivity contribution in [1.82, 2.24) is 25.4 Å². The quantitative estimate of drug-likeness (QED) is 0.595. The van der Waals surface area contributed by atoms with E-state index in [0.717, 1.165) is 30.0 Å². The van der Waals surface area contributed by atoms with Crippen LogP contribution in [0.4, 0.5) is 4.79 Å². The van der Waals surface area contributed by atoms with E-state index in [9.17, 15) is 9.59 Å². The molecule has 9 heteroatoms. The van der Waals surface area contributed by atoms with Crippen molar-refractivity contribution >= 4 is 23.7 Å². The van der Waals surface area contributed by atoms with Crippen LogP contribution in [0.15, 0.2) is 29.4 Å². The Kier molecular flexibility index (Phi) is 8.34. The number of carbonyl (C=O) groups excluding carboxylic acids is 2. The van der Waals surface area contributed by atoms with Gasteiger partial charge in [0.25, 0.3) is 0 Å². The number of hydrogen-bond donors (Lipinski definition) is 2. The number of ether oxygens (including phenoxy) is 1. The Hall–Kier alpha value is -2.55. The van der Waals surface area contributed by atoms with Gasteiger partial charge in [0.05, 0.1) is 12.9 Å². The summed E-state index contributed by atoms with van der Waals surface area (Å²) in [5, 5.41) is 14.6. The number of nitrogens with zero attached hydrogens (tertiary/aromatic N) is 3. The van der Waals surface area contributed by atoms with E-state index in [0.29, 0.717) is 23.7 Å². The second-order valence-electron chi connectivity index (χ2n) is 8.14. The number of rotatable bonds is 8. The fourth-order valence-corrected chi connectivity index (χ4v) is 4.42. The number of urea groups is 1. The Morgan fingerprint density at radius 2 is 1.87 bits per heavy atom. The molecule has 1 saturated carbocycles. The van der Waals surface area contributed by atoms with E-state index in [-0.39, 0.29) is 11.7 Å². The molecule has 1 aliphatic rings. The standard InChI is InChI=1S/C22H31N5O3S/c1-15(2)13-23-21(29)24-19(28)14-31-22-26-25-20(16-9-11-18(30-3)12-10-16)27(22)17-7-5-4-6-8-17/h9-12,15,17H,4-8,13-14H2,1-3H3,(H2,23,24,28,29). The summed E-state index contributed by atoms with van der Waals surface area (Å²) in [6.45, 7) is 4.51. The Balaban J connectivity index is 1.72. The van der Waals surface area contributed by atoms with Crippen LogP contribution in [-0.2, 0) is 4.79 Å². The third-order valence-corrected chi connectivity index (χ3v) is 6.15. The van der Waals surface area contributed by atoms with Crippen LogP contribution in [0.2, 0.25) is 0 Å². The van der Waals surface area contributed by atoms with Crippen molar-refractivity contribution in [3.8, 4) is 17.1 Å². The lowest BCUT2D eigenvalue weighted by atomic mass is 9.95. The molecule has 1 aliphatic carbocycles. The van der Waals surface area contributed by atoms with Crippen molar-refractivity contribution in [3.63, 3.8) is 0 Å². The average Bonchev–Trinajstić information content (AvgIpc) is 3.21. The van der Waals surface area contributed by atoms with Crippen LogP contribution < -0.4 is 15.4 Å². The van der Waals surface area contributed by atoms with Gasteiger partial charge in [0, 0.05) is 18.2 Å². The predicted molar refractivity (Wildman–Crippen MR) is 121 cm³/mol. The minimum atomic E-state index is -0.466. The number of aromatic nitrogens is 3. The number of carbonyl (C=O) groups is 2. The average molecular weight is 446 g/mol. The molecule has 1 aromatic carbocycles. The van der Waals surface area contributed by atoms with Crippen molar-refractivity contribution in [3.05, 3.63) is 24.3 Å². The molecule has 0 aliphatic heterocycles. The second kappa shape index (κ2) is 11.2. The van der Waals surface area contributed by atoms with Gasteiger partial charge in [-0.05, 0) is 43.0 Å². The molecule has 2 aromatic rings. The molecule has 0 bridgehead atoms. The number of thioether (sulfide) groups is 1. The van der Waals surface area contributed by atoms with Gasteiger partial charge in [-0.3, -0.25) is 14.7 Å². The number of methoxy groups -OCH3 is 1. The maximum absolute atomic E-state index is 12.2. The molecule has 0 saturated heterocycles. The number of amides is 3. The van der Waals surface area contributed by atoms with Crippen LogP contribution in [-0.4, -0.2) is 46.1 Å². The van der Waals surface area contributed by atoms with E-state index in [1.54, 1.807) is 7.11 Å². The Morgan fingerprint density at radius 3 is 2.52 bits per heavy atom. The summed E-state index contributed by atoms with van der Waals surface area (Å²) in [6.07, 6.45) is 5.72. The molecule has 1 aromatic heterocycles. The van der Waals surface area contributed by atoms with Crippen molar-refractivity contribution in [1.29, 1.82) is 0 Å². The van der Waals surface area contributed by atoms with Crippen LogP contribution >= 0.6 is 11.8 Å². The van der Waals surface area contributed by atoms with E-state index >= 15 is 0 Å². The Labute approximate surface area is 187 Å². The first-order chi connectivity index (χ1) is 15.0. The number of nitrogens with one attached hydrogen (secondary N) is 2. The SMILES string of the molecule is COc1ccc(-c2nnc(SCC(=O)NC(=O)NCC(C)C)n2C2CCCCC2)cc1. The molecule has 1 heterocycles. The van der Waals surface area contributed by atoms with Crippen molar-refractivity contribution in [2.75, 3.05) is 19.4 Å². The first-order valence-electron chi connectivity index (χ1n) is 10.8. The lowest BCUT2D eigenvalue weighted by molar-refractivity contribution is -0.117. The van der Waals surface area contributed by atoms with Gasteiger partial charge < -0.3 is 10.1 Å². The van der Waals surface area contributed by atoms with E-state index in [1.165, 1.54) is 31.0 Å². The molecule has 168 valence electrons. The molecule has 3 amide bonds. The molecule has 1 fully saturated rings. The minimum absolute atomic E-state index is 0.0998. The summed E-state index contributed by atoms with van der Waals surface area (Å²) >= 11 is 1.31. The number of hydrogen-bond acceptors (Lipinski definition) is 6. The third kappa shape index (κ3) is 6.46. The Morgan fingerprint density at radius 1 is 1.16 bits per heavy atom. The van der Waals surface area contributed by atoms with Crippen molar-refractivity contribution < 1.29 is 14.3 Å². The van der Waals surface area contributed by atoms with Gasteiger partial charge >= 0.3 is 6.03 Å². The zero-order chi connectivity index (χ0) is 22.2. The zero-order valence-electron chi connectivity index (χ0n) is 18.4. The topological polar surface area (TPSA) is 98.1 Å². The highest BCUT2D eigenvalue weighted by Gasteiger charge is 2.24. The highest BCUT2D eigenvalue weighted by atomic mass is 32.2. The van der Waals surface area contributed by atoms with E-state index < -0.39 is 6.03 Å². The summed E-state index contributed by atoms with van der Waals surface area (Å²) in [5.74, 6) is 1.65. The largest absolute Gasteiger partial charge is 0.497 e. The fraction of sp³-hybridized carbons (Fsp3) is 0.545. The second-order valence-corrected chi connectivity index (χ2v) is 9.08. The lowest BCUT2D eigenvalue weighted by Crippen LogP contribution is -2.41. The van der Waals surface area contributed by atoms with Crippen LogP contribution in [0.5, 0.6) is 5.75 Å². The van der Waals surface area contributed by atoms with Gasteiger partial charge in [0.1, 0.15) is 5.75 Å². The van der Waals surface area contributed by atoms with Gasteiger partial charge in [-0.25, -0.2) is 4.79 Å². The molecule has 0 atom stereocenters. The van der Waals surface area contributed by atoms with Gasteiger partial charge in [0.15, 0.2) is 11.0 Å². The highest BCUT2D eigenvalue weighted by Crippen LogP contribution is 2.35. The van der Waals surface area contributed by atoms with E-state index in [4.69, 9.17) is 4.74 Å². The Bertz CT molecular complexity index is 876. The van der Waals surface area contributed by atoms with Gasteiger partial charge in [-0.1, -0.05) is 44.9 Å². The fourth-order valence-electron chi connectivity index (χ4n) is 3.61. The first kappa shape index (κ1) is 23.1. The maximum Gasteiger partial charge on any atom is 0.321 e. The summed E-state index contributed by atoms with van der Waals surface area (Å²) in [5.41, 5.74) is 0.961. The molecular weight excluding hydrogens is 414 g/mol. The summed E-state index contributed by atoms with van der Waals surface area (Å²) < 4.78 is 7.42. The van der Waals surface area contributed by atoms with Crippen LogP contribution in [0.3, 0.4) is 0 Å². The molecular formula is C22H31N5O3S. The van der Waals surface area contributed by atoms with Crippen LogP contribution in [0.25, 0.3) is 11.4 Å². The molecule has 8 nitrogen and oxygen atoms in total. The molecule has 0 radical (unpaired) electrons. The maximum atomic E-state index is 12.2. The first-order valence-corrected chi connectivity index (χ1v) is 11.8. The van der Waals surface area contributed by atoms with Crippen LogP contribution in [0, 0.1) is 5.92 Å². The molecule has 0 unspecified atom stereocenters. The number of imide groups is 1. The van der Waals surface area contributed by atoms with Crippen molar-refractivity contribution in [2.24, 2.45) is 5.92 Å². The van der Waals surface area contributed by atoms with Crippen LogP contribution in [0.1, 0.15) is 52.0 Å². The molecule has 3 rings (SSSR count). The molecule has 0 spiro atoms. The minimum Gasteiger partial charge on any atom is -0.497 e.